The maximum Gasteiger partial charge on any atom is 0.258 e. The van der Waals surface area contributed by atoms with Gasteiger partial charge in [0.1, 0.15) is 0 Å². The van der Waals surface area contributed by atoms with E-state index in [4.69, 9.17) is 0 Å². The lowest BCUT2D eigenvalue weighted by molar-refractivity contribution is -0.110. The van der Waals surface area contributed by atoms with Crippen LogP contribution >= 0.6 is 0 Å². The Hall–Kier alpha value is -4.75. The second-order valence-electron chi connectivity index (χ2n) is 10.1. The van der Waals surface area contributed by atoms with Gasteiger partial charge in [0.25, 0.3) is 11.8 Å². The average Bonchev–Trinajstić information content (AvgIpc) is 3.34. The van der Waals surface area contributed by atoms with Crippen molar-refractivity contribution in [1.82, 2.24) is 15.2 Å². The van der Waals surface area contributed by atoms with Crippen LogP contribution in [-0.4, -0.2) is 34.8 Å². The summed E-state index contributed by atoms with van der Waals surface area (Å²) in [7, 11) is 0. The van der Waals surface area contributed by atoms with Gasteiger partial charge in [0.15, 0.2) is 0 Å². The Labute approximate surface area is 241 Å². The highest BCUT2D eigenvalue weighted by atomic mass is 16.2. The van der Waals surface area contributed by atoms with Crippen LogP contribution in [0.25, 0.3) is 11.3 Å². The van der Waals surface area contributed by atoms with Crippen LogP contribution in [0.15, 0.2) is 97.3 Å². The standard InChI is InChI=1S/C34H35N5O2/c1-4-39(5-2)22-24-11-14-28(15-12-24)37-32(26-17-19-35-20-18-26)31-29-21-27(13-16-30(29)38-34(31)41)33(40)36-23(3)25-9-7-6-8-10-25/h6-21,23,37H,4-5,22H2,1-3H3,(H,36,40)(H,38,41)/t23-/m1/s1. The predicted octanol–water partition coefficient (Wildman–Crippen LogP) is 6.35. The van der Waals surface area contributed by atoms with Crippen molar-refractivity contribution in [3.05, 3.63) is 125 Å². The summed E-state index contributed by atoms with van der Waals surface area (Å²) in [5, 5.41) is 9.54. The summed E-state index contributed by atoms with van der Waals surface area (Å²) in [5.74, 6) is -0.433. The molecule has 0 saturated heterocycles. The van der Waals surface area contributed by atoms with E-state index in [1.807, 2.05) is 61.5 Å². The first kappa shape index (κ1) is 27.8. The third kappa shape index (κ3) is 6.36. The van der Waals surface area contributed by atoms with E-state index >= 15 is 0 Å². The minimum Gasteiger partial charge on any atom is -0.354 e. The third-order valence-corrected chi connectivity index (χ3v) is 7.42. The maximum absolute atomic E-state index is 13.4. The molecule has 0 spiro atoms. The van der Waals surface area contributed by atoms with Gasteiger partial charge in [-0.2, -0.15) is 0 Å². The van der Waals surface area contributed by atoms with Crippen LogP contribution in [0.1, 0.15) is 59.4 Å². The number of hydrogen-bond acceptors (Lipinski definition) is 5. The molecule has 4 aromatic rings. The summed E-state index contributed by atoms with van der Waals surface area (Å²) in [4.78, 5) is 33.2. The topological polar surface area (TPSA) is 86.4 Å². The second kappa shape index (κ2) is 12.6. The van der Waals surface area contributed by atoms with Crippen LogP contribution < -0.4 is 16.0 Å². The van der Waals surface area contributed by atoms with E-state index in [2.05, 4.69) is 51.8 Å². The Morgan fingerprint density at radius 2 is 1.61 bits per heavy atom. The molecule has 0 aliphatic carbocycles. The van der Waals surface area contributed by atoms with E-state index in [0.717, 1.165) is 36.4 Å². The first-order chi connectivity index (χ1) is 20.0. The molecular formula is C34H35N5O2. The van der Waals surface area contributed by atoms with Gasteiger partial charge in [-0.3, -0.25) is 19.5 Å². The number of carbonyl (C=O) groups excluding carboxylic acids is 2. The number of pyridine rings is 1. The average molecular weight is 546 g/mol. The number of rotatable bonds is 10. The Kier molecular flexibility index (Phi) is 8.56. The molecule has 41 heavy (non-hydrogen) atoms. The minimum absolute atomic E-state index is 0.162. The van der Waals surface area contributed by atoms with Crippen LogP contribution in [0.3, 0.4) is 0 Å². The van der Waals surface area contributed by atoms with E-state index in [1.165, 1.54) is 5.56 Å². The number of anilines is 2. The first-order valence-electron chi connectivity index (χ1n) is 14.0. The molecule has 7 heteroatoms. The molecule has 1 aromatic heterocycles. The van der Waals surface area contributed by atoms with Gasteiger partial charge in [-0.25, -0.2) is 0 Å². The molecule has 5 rings (SSSR count). The molecule has 1 aliphatic heterocycles. The van der Waals surface area contributed by atoms with Crippen molar-refractivity contribution in [3.63, 3.8) is 0 Å². The lowest BCUT2D eigenvalue weighted by Gasteiger charge is -2.19. The molecule has 1 aliphatic rings. The molecule has 2 heterocycles. The lowest BCUT2D eigenvalue weighted by Crippen LogP contribution is -2.26. The summed E-state index contributed by atoms with van der Waals surface area (Å²) >= 11 is 0. The van der Waals surface area contributed by atoms with Gasteiger partial charge in [0.05, 0.1) is 17.3 Å². The monoisotopic (exact) mass is 545 g/mol. The van der Waals surface area contributed by atoms with Crippen LogP contribution in [0, 0.1) is 0 Å². The van der Waals surface area contributed by atoms with E-state index in [1.54, 1.807) is 30.6 Å². The fourth-order valence-corrected chi connectivity index (χ4v) is 5.00. The molecule has 208 valence electrons. The van der Waals surface area contributed by atoms with Crippen LogP contribution in [0.5, 0.6) is 0 Å². The summed E-state index contributed by atoms with van der Waals surface area (Å²) in [6.07, 6.45) is 3.40. The van der Waals surface area contributed by atoms with Crippen molar-refractivity contribution >= 4 is 34.5 Å². The van der Waals surface area contributed by atoms with E-state index in [-0.39, 0.29) is 17.9 Å². The zero-order chi connectivity index (χ0) is 28.8. The van der Waals surface area contributed by atoms with Crippen LogP contribution in [0.4, 0.5) is 11.4 Å². The maximum atomic E-state index is 13.4. The number of fused-ring (bicyclic) bond motifs is 1. The number of aromatic nitrogens is 1. The quantitative estimate of drug-likeness (QED) is 0.202. The molecule has 0 radical (unpaired) electrons. The molecule has 3 N–H and O–H groups in total. The highest BCUT2D eigenvalue weighted by molar-refractivity contribution is 6.37. The van der Waals surface area contributed by atoms with Crippen LogP contribution in [0.2, 0.25) is 0 Å². The molecule has 7 nitrogen and oxygen atoms in total. The number of hydrogen-bond donors (Lipinski definition) is 3. The SMILES string of the molecule is CCN(CC)Cc1ccc(NC(=C2C(=O)Nc3ccc(C(=O)N[C@H](C)c4ccccc4)cc32)c2ccncc2)cc1. The van der Waals surface area contributed by atoms with Crippen molar-refractivity contribution in [2.24, 2.45) is 0 Å². The number of nitrogens with zero attached hydrogens (tertiary/aromatic N) is 2. The lowest BCUT2D eigenvalue weighted by atomic mass is 9.98. The van der Waals surface area contributed by atoms with Gasteiger partial charge in [-0.05, 0) is 73.6 Å². The zero-order valence-electron chi connectivity index (χ0n) is 23.6. The number of amides is 2. The molecular weight excluding hydrogens is 510 g/mol. The van der Waals surface area contributed by atoms with Crippen molar-refractivity contribution < 1.29 is 9.59 Å². The largest absolute Gasteiger partial charge is 0.354 e. The molecule has 2 amide bonds. The summed E-state index contributed by atoms with van der Waals surface area (Å²) < 4.78 is 0. The van der Waals surface area contributed by atoms with E-state index in [9.17, 15) is 9.59 Å². The van der Waals surface area contributed by atoms with Gasteiger partial charge in [-0.1, -0.05) is 56.3 Å². The van der Waals surface area contributed by atoms with E-state index in [0.29, 0.717) is 28.1 Å². The van der Waals surface area contributed by atoms with Gasteiger partial charge in [-0.15, -0.1) is 0 Å². The van der Waals surface area contributed by atoms with Crippen LogP contribution in [-0.2, 0) is 11.3 Å². The van der Waals surface area contributed by atoms with Crippen molar-refractivity contribution in [2.45, 2.75) is 33.4 Å². The molecule has 3 aromatic carbocycles. The first-order valence-corrected chi connectivity index (χ1v) is 14.0. The Morgan fingerprint density at radius 1 is 0.902 bits per heavy atom. The number of benzene rings is 3. The Bertz CT molecular complexity index is 1550. The highest BCUT2D eigenvalue weighted by Crippen LogP contribution is 2.38. The molecule has 1 atom stereocenters. The summed E-state index contributed by atoms with van der Waals surface area (Å²) in [6, 6.07) is 27.0. The molecule has 0 bridgehead atoms. The third-order valence-electron chi connectivity index (χ3n) is 7.42. The summed E-state index contributed by atoms with van der Waals surface area (Å²) in [5.41, 5.74) is 6.87. The van der Waals surface area contributed by atoms with Crippen molar-refractivity contribution in [3.8, 4) is 0 Å². The van der Waals surface area contributed by atoms with E-state index < -0.39 is 0 Å². The van der Waals surface area contributed by atoms with Gasteiger partial charge >= 0.3 is 0 Å². The number of carbonyl (C=O) groups is 2. The van der Waals surface area contributed by atoms with Crippen molar-refractivity contribution in [1.29, 1.82) is 0 Å². The second-order valence-corrected chi connectivity index (χ2v) is 10.1. The smallest absolute Gasteiger partial charge is 0.258 e. The molecule has 0 fully saturated rings. The van der Waals surface area contributed by atoms with Crippen molar-refractivity contribution in [2.75, 3.05) is 23.7 Å². The molecule has 0 saturated carbocycles. The summed E-state index contributed by atoms with van der Waals surface area (Å²) in [6.45, 7) is 9.15. The van der Waals surface area contributed by atoms with Gasteiger partial charge in [0, 0.05) is 47.0 Å². The zero-order valence-corrected chi connectivity index (χ0v) is 23.6. The number of nitrogens with one attached hydrogen (secondary N) is 3. The Morgan fingerprint density at radius 3 is 2.29 bits per heavy atom. The fourth-order valence-electron chi connectivity index (χ4n) is 5.00. The highest BCUT2D eigenvalue weighted by Gasteiger charge is 2.29. The normalized spacial score (nSPS) is 14.3. The predicted molar refractivity (Wildman–Crippen MR) is 165 cm³/mol. The fraction of sp³-hybridized carbons (Fsp3) is 0.206. The minimum atomic E-state index is -0.229. The van der Waals surface area contributed by atoms with Gasteiger partial charge < -0.3 is 16.0 Å². The Balaban J connectivity index is 1.48. The van der Waals surface area contributed by atoms with Gasteiger partial charge in [0.2, 0.25) is 0 Å². The molecule has 0 unspecified atom stereocenters.